The van der Waals surface area contributed by atoms with Gasteiger partial charge in [0.15, 0.2) is 0 Å². The standard InChI is InChI=1S/C23H18N2.C13H11NO.C13H10O.C3H6/c24-23(25)22-14-20(16-6-2-1-3-7-16)13-21(15-22)19-11-10-17-8-4-5-9-18(17)12-19;14-8-9-5-6-11-10-3-1-2-4-12(10)15-13(11)7-9;1-9-6-7-11-10-4-2-3-5-12(10)14-13(11)8-9;1-3-2/h1-15H,(H3,24,25);1-7H,8,14H2;2-8H,1H3;3H,1H2,2H3. The molecule has 0 spiro atoms. The Morgan fingerprint density at radius 1 is 0.526 bits per heavy atom. The van der Waals surface area contributed by atoms with Crippen LogP contribution in [0.2, 0.25) is 0 Å². The molecule has 0 aliphatic carbocycles. The van der Waals surface area contributed by atoms with Crippen molar-refractivity contribution in [3.05, 3.63) is 205 Å². The lowest BCUT2D eigenvalue weighted by molar-refractivity contribution is 0.668. The van der Waals surface area contributed by atoms with E-state index in [1.54, 1.807) is 6.08 Å². The molecule has 2 aromatic heterocycles. The number of para-hydroxylation sites is 2. The molecule has 10 rings (SSSR count). The van der Waals surface area contributed by atoms with Crippen LogP contribution in [-0.2, 0) is 6.54 Å². The Balaban J connectivity index is 0.000000133. The number of fused-ring (bicyclic) bond motifs is 7. The predicted octanol–water partition coefficient (Wildman–Crippen LogP) is 13.6. The number of aryl methyl sites for hydroxylation is 1. The molecule has 0 saturated carbocycles. The van der Waals surface area contributed by atoms with Crippen molar-refractivity contribution in [2.45, 2.75) is 20.4 Å². The van der Waals surface area contributed by atoms with Gasteiger partial charge in [-0.25, -0.2) is 0 Å². The molecule has 0 aliphatic rings. The molecule has 280 valence electrons. The van der Waals surface area contributed by atoms with Crippen LogP contribution in [0, 0.1) is 12.3 Å². The van der Waals surface area contributed by atoms with Gasteiger partial charge < -0.3 is 20.3 Å². The van der Waals surface area contributed by atoms with Crippen molar-refractivity contribution in [1.82, 2.24) is 0 Å². The van der Waals surface area contributed by atoms with Crippen molar-refractivity contribution >= 4 is 60.5 Å². The van der Waals surface area contributed by atoms with Gasteiger partial charge in [-0.1, -0.05) is 133 Å². The Kier molecular flexibility index (Phi) is 11.7. The van der Waals surface area contributed by atoms with Crippen LogP contribution in [0.3, 0.4) is 0 Å². The second-order valence-corrected chi connectivity index (χ2v) is 13.8. The van der Waals surface area contributed by atoms with Gasteiger partial charge in [-0.05, 0) is 107 Å². The zero-order valence-electron chi connectivity index (χ0n) is 32.2. The second kappa shape index (κ2) is 17.5. The van der Waals surface area contributed by atoms with Crippen LogP contribution in [0.4, 0.5) is 0 Å². The number of allylic oxidation sites excluding steroid dienone is 1. The molecule has 0 radical (unpaired) electrons. The van der Waals surface area contributed by atoms with Gasteiger partial charge in [-0.2, -0.15) is 0 Å². The van der Waals surface area contributed by atoms with E-state index in [4.69, 9.17) is 25.7 Å². The zero-order chi connectivity index (χ0) is 39.7. The number of hydrogen-bond donors (Lipinski definition) is 3. The Bertz CT molecular complexity index is 2970. The Morgan fingerprint density at radius 3 is 1.68 bits per heavy atom. The summed E-state index contributed by atoms with van der Waals surface area (Å²) in [4.78, 5) is 0. The summed E-state index contributed by atoms with van der Waals surface area (Å²) >= 11 is 0. The number of rotatable bonds is 4. The fourth-order valence-electron chi connectivity index (χ4n) is 6.85. The van der Waals surface area contributed by atoms with Crippen LogP contribution < -0.4 is 11.5 Å². The quantitative estimate of drug-likeness (QED) is 0.0948. The van der Waals surface area contributed by atoms with Gasteiger partial charge in [0.2, 0.25) is 0 Å². The normalized spacial score (nSPS) is 10.6. The first-order valence-electron chi connectivity index (χ1n) is 18.9. The molecule has 5 N–H and O–H groups in total. The molecule has 0 saturated heterocycles. The van der Waals surface area contributed by atoms with E-state index in [0.717, 1.165) is 66.5 Å². The zero-order valence-corrected chi connectivity index (χ0v) is 32.2. The van der Waals surface area contributed by atoms with Crippen LogP contribution in [-0.4, -0.2) is 5.84 Å². The summed E-state index contributed by atoms with van der Waals surface area (Å²) in [6, 6.07) is 59.7. The molecule has 0 unspecified atom stereocenters. The lowest BCUT2D eigenvalue weighted by atomic mass is 9.94. The molecule has 5 nitrogen and oxygen atoms in total. The van der Waals surface area contributed by atoms with E-state index >= 15 is 0 Å². The molecule has 0 amide bonds. The highest BCUT2D eigenvalue weighted by atomic mass is 16.3. The summed E-state index contributed by atoms with van der Waals surface area (Å²) in [5.41, 5.74) is 22.6. The highest BCUT2D eigenvalue weighted by Gasteiger charge is 2.09. The molecule has 0 bridgehead atoms. The van der Waals surface area contributed by atoms with E-state index in [-0.39, 0.29) is 5.84 Å². The van der Waals surface area contributed by atoms with Gasteiger partial charge in [-0.3, -0.25) is 5.41 Å². The Hall–Kier alpha value is -7.21. The van der Waals surface area contributed by atoms with E-state index < -0.39 is 0 Å². The molecule has 10 aromatic rings. The lowest BCUT2D eigenvalue weighted by Crippen LogP contribution is -2.11. The van der Waals surface area contributed by atoms with Crippen molar-refractivity contribution in [3.63, 3.8) is 0 Å². The van der Waals surface area contributed by atoms with Crippen LogP contribution in [0.25, 0.3) is 76.9 Å². The van der Waals surface area contributed by atoms with Crippen LogP contribution in [0.1, 0.15) is 23.6 Å². The molecule has 57 heavy (non-hydrogen) atoms. The monoisotopic (exact) mass is 743 g/mol. The fourth-order valence-corrected chi connectivity index (χ4v) is 6.85. The highest BCUT2D eigenvalue weighted by molar-refractivity contribution is 6.06. The number of furan rings is 2. The van der Waals surface area contributed by atoms with Gasteiger partial charge in [-0.15, -0.1) is 6.58 Å². The average Bonchev–Trinajstić information content (AvgIpc) is 3.81. The summed E-state index contributed by atoms with van der Waals surface area (Å²) < 4.78 is 11.5. The third-order valence-corrected chi connectivity index (χ3v) is 9.65. The summed E-state index contributed by atoms with van der Waals surface area (Å²) in [6.07, 6.45) is 1.75. The molecule has 0 aliphatic heterocycles. The van der Waals surface area contributed by atoms with E-state index in [1.165, 1.54) is 27.1 Å². The Morgan fingerprint density at radius 2 is 1.05 bits per heavy atom. The summed E-state index contributed by atoms with van der Waals surface area (Å²) in [6.45, 7) is 7.87. The lowest BCUT2D eigenvalue weighted by Gasteiger charge is -2.11. The minimum Gasteiger partial charge on any atom is -0.456 e. The summed E-state index contributed by atoms with van der Waals surface area (Å²) in [5, 5.41) is 15.0. The van der Waals surface area contributed by atoms with Crippen molar-refractivity contribution < 1.29 is 8.83 Å². The van der Waals surface area contributed by atoms with Gasteiger partial charge in [0.25, 0.3) is 0 Å². The number of amidine groups is 1. The van der Waals surface area contributed by atoms with Gasteiger partial charge in [0.05, 0.1) is 0 Å². The van der Waals surface area contributed by atoms with Crippen LogP contribution >= 0.6 is 0 Å². The first kappa shape index (κ1) is 38.1. The third kappa shape index (κ3) is 8.70. The summed E-state index contributed by atoms with van der Waals surface area (Å²) in [5.74, 6) is 0.0832. The van der Waals surface area contributed by atoms with E-state index in [0.29, 0.717) is 6.54 Å². The fraction of sp³-hybridized carbons (Fsp3) is 0.0577. The molecular formula is C52H45N3O2. The highest BCUT2D eigenvalue weighted by Crippen LogP contribution is 2.32. The minimum atomic E-state index is 0.0832. The molecule has 0 atom stereocenters. The SMILES string of the molecule is C=CC.Cc1ccc2c(c1)oc1ccccc12.N=C(N)c1cc(-c2ccccc2)cc(-c2ccc3ccccc3c2)c1.NCc1ccc2c(c1)oc1ccccc12. The van der Waals surface area contributed by atoms with Crippen molar-refractivity contribution in [3.8, 4) is 22.3 Å². The second-order valence-electron chi connectivity index (χ2n) is 13.8. The molecular weight excluding hydrogens is 699 g/mol. The number of hydrogen-bond acceptors (Lipinski definition) is 4. The van der Waals surface area contributed by atoms with Crippen molar-refractivity contribution in [2.24, 2.45) is 11.5 Å². The van der Waals surface area contributed by atoms with E-state index in [2.05, 4.69) is 98.4 Å². The van der Waals surface area contributed by atoms with Crippen LogP contribution in [0.5, 0.6) is 0 Å². The van der Waals surface area contributed by atoms with Crippen molar-refractivity contribution in [1.29, 1.82) is 5.41 Å². The first-order chi connectivity index (χ1) is 27.8. The maximum Gasteiger partial charge on any atom is 0.135 e. The van der Waals surface area contributed by atoms with Gasteiger partial charge >= 0.3 is 0 Å². The minimum absolute atomic E-state index is 0.0832. The number of nitrogens with one attached hydrogen (secondary N) is 1. The number of benzene rings is 8. The molecule has 5 heteroatoms. The first-order valence-corrected chi connectivity index (χ1v) is 18.9. The van der Waals surface area contributed by atoms with Gasteiger partial charge in [0, 0.05) is 33.7 Å². The maximum absolute atomic E-state index is 7.86. The van der Waals surface area contributed by atoms with Crippen molar-refractivity contribution in [2.75, 3.05) is 0 Å². The Labute approximate surface area is 333 Å². The maximum atomic E-state index is 7.86. The molecule has 2 heterocycles. The predicted molar refractivity (Wildman–Crippen MR) is 242 cm³/mol. The summed E-state index contributed by atoms with van der Waals surface area (Å²) in [7, 11) is 0. The smallest absolute Gasteiger partial charge is 0.135 e. The largest absolute Gasteiger partial charge is 0.456 e. The van der Waals surface area contributed by atoms with E-state index in [1.807, 2.05) is 97.9 Å². The van der Waals surface area contributed by atoms with Gasteiger partial charge in [0.1, 0.15) is 28.2 Å². The molecule has 0 fully saturated rings. The number of nitrogens with two attached hydrogens (primary N) is 2. The number of nitrogen functional groups attached to an aromatic ring is 1. The topological polar surface area (TPSA) is 102 Å². The average molecular weight is 744 g/mol. The third-order valence-electron chi connectivity index (χ3n) is 9.65. The molecule has 8 aromatic carbocycles. The van der Waals surface area contributed by atoms with E-state index in [9.17, 15) is 0 Å². The van der Waals surface area contributed by atoms with Crippen LogP contribution in [0.15, 0.2) is 197 Å².